The third-order valence-corrected chi connectivity index (χ3v) is 4.57. The highest BCUT2D eigenvalue weighted by Gasteiger charge is 2.24. The van der Waals surface area contributed by atoms with Crippen molar-refractivity contribution in [2.75, 3.05) is 38.0 Å². The molecule has 1 aromatic rings. The highest BCUT2D eigenvalue weighted by molar-refractivity contribution is 7.90. The molecule has 0 aliphatic carbocycles. The van der Waals surface area contributed by atoms with Gasteiger partial charge in [-0.15, -0.1) is 0 Å². The highest BCUT2D eigenvalue weighted by Crippen LogP contribution is 2.28. The molecule has 8 heteroatoms. The van der Waals surface area contributed by atoms with Crippen molar-refractivity contribution in [1.29, 1.82) is 0 Å². The second-order valence-corrected chi connectivity index (χ2v) is 6.21. The van der Waals surface area contributed by atoms with E-state index in [2.05, 4.69) is 10.0 Å². The zero-order valence-corrected chi connectivity index (χ0v) is 12.1. The van der Waals surface area contributed by atoms with Crippen molar-refractivity contribution in [2.45, 2.75) is 0 Å². The second-order valence-electron chi connectivity index (χ2n) is 4.10. The first-order valence-electron chi connectivity index (χ1n) is 5.85. The Morgan fingerprint density at radius 3 is 2.68 bits per heavy atom. The van der Waals surface area contributed by atoms with Gasteiger partial charge in [0.1, 0.15) is 5.75 Å². The van der Waals surface area contributed by atoms with Crippen molar-refractivity contribution in [2.24, 2.45) is 0 Å². The number of piperazine rings is 1. The van der Waals surface area contributed by atoms with Gasteiger partial charge in [0.05, 0.1) is 12.8 Å². The first kappa shape index (κ1) is 14.4. The van der Waals surface area contributed by atoms with Crippen molar-refractivity contribution < 1.29 is 13.2 Å². The minimum atomic E-state index is -3.58. The molecular weight excluding hydrogens is 290 g/mol. The normalized spacial score (nSPS) is 17.2. The number of hydrogen-bond acceptors (Lipinski definition) is 4. The van der Waals surface area contributed by atoms with Gasteiger partial charge in [-0.05, 0) is 18.2 Å². The van der Waals surface area contributed by atoms with Crippen LogP contribution < -0.4 is 14.8 Å². The van der Waals surface area contributed by atoms with Crippen molar-refractivity contribution in [3.8, 4) is 5.75 Å². The zero-order chi connectivity index (χ0) is 13.9. The predicted octanol–water partition coefficient (Wildman–Crippen LogP) is 0.910. The lowest BCUT2D eigenvalue weighted by molar-refractivity contribution is 0.362. The van der Waals surface area contributed by atoms with Crippen molar-refractivity contribution in [3.63, 3.8) is 0 Å². The fourth-order valence-electron chi connectivity index (χ4n) is 1.85. The highest BCUT2D eigenvalue weighted by atomic mass is 35.5. The average Bonchev–Trinajstić information content (AvgIpc) is 2.39. The van der Waals surface area contributed by atoms with Crippen LogP contribution in [0.15, 0.2) is 18.2 Å². The molecule has 6 nitrogen and oxygen atoms in total. The maximum atomic E-state index is 12.2. The van der Waals surface area contributed by atoms with Gasteiger partial charge in [0.15, 0.2) is 0 Å². The van der Waals surface area contributed by atoms with E-state index in [9.17, 15) is 8.42 Å². The molecule has 106 valence electrons. The van der Waals surface area contributed by atoms with Gasteiger partial charge in [0, 0.05) is 31.2 Å². The van der Waals surface area contributed by atoms with Crippen LogP contribution in [0.25, 0.3) is 0 Å². The van der Waals surface area contributed by atoms with Gasteiger partial charge in [0.25, 0.3) is 0 Å². The van der Waals surface area contributed by atoms with Crippen molar-refractivity contribution >= 4 is 27.5 Å². The topological polar surface area (TPSA) is 70.7 Å². The summed E-state index contributed by atoms with van der Waals surface area (Å²) in [5, 5.41) is 3.55. The summed E-state index contributed by atoms with van der Waals surface area (Å²) in [4.78, 5) is 0. The van der Waals surface area contributed by atoms with Gasteiger partial charge >= 0.3 is 10.2 Å². The molecule has 0 aromatic heterocycles. The van der Waals surface area contributed by atoms with Crippen LogP contribution in [0.4, 0.5) is 5.69 Å². The zero-order valence-electron chi connectivity index (χ0n) is 10.5. The Balaban J connectivity index is 2.21. The average molecular weight is 306 g/mol. The van der Waals surface area contributed by atoms with E-state index in [0.29, 0.717) is 42.6 Å². The predicted molar refractivity (Wildman–Crippen MR) is 75.0 cm³/mol. The summed E-state index contributed by atoms with van der Waals surface area (Å²) in [6.07, 6.45) is 0. The molecule has 0 bridgehead atoms. The van der Waals surface area contributed by atoms with Crippen LogP contribution in [0.5, 0.6) is 5.75 Å². The van der Waals surface area contributed by atoms with Crippen LogP contribution in [0.1, 0.15) is 0 Å². The lowest BCUT2D eigenvalue weighted by atomic mass is 10.3. The Morgan fingerprint density at radius 1 is 1.37 bits per heavy atom. The standard InChI is InChI=1S/C11H16ClN3O3S/c1-18-11-3-2-9(12)8-10(11)14-19(16,17)15-6-4-13-5-7-15/h2-3,8,13-14H,4-7H2,1H3. The Kier molecular flexibility index (Phi) is 4.51. The van der Waals surface area contributed by atoms with Crippen LogP contribution >= 0.6 is 11.6 Å². The van der Waals surface area contributed by atoms with Gasteiger partial charge in [0.2, 0.25) is 0 Å². The number of nitrogens with one attached hydrogen (secondary N) is 2. The van der Waals surface area contributed by atoms with E-state index in [0.717, 1.165) is 0 Å². The summed E-state index contributed by atoms with van der Waals surface area (Å²) in [6, 6.07) is 4.79. The molecule has 1 saturated heterocycles. The quantitative estimate of drug-likeness (QED) is 0.867. The lowest BCUT2D eigenvalue weighted by Gasteiger charge is -2.27. The number of halogens is 1. The number of ether oxygens (including phenoxy) is 1. The summed E-state index contributed by atoms with van der Waals surface area (Å²) in [5.41, 5.74) is 0.341. The first-order chi connectivity index (χ1) is 9.03. The smallest absolute Gasteiger partial charge is 0.301 e. The molecule has 1 aliphatic heterocycles. The third kappa shape index (κ3) is 3.50. The van der Waals surface area contributed by atoms with Gasteiger partial charge in [-0.3, -0.25) is 4.72 Å². The van der Waals surface area contributed by atoms with E-state index in [1.165, 1.54) is 17.5 Å². The van der Waals surface area contributed by atoms with E-state index in [4.69, 9.17) is 16.3 Å². The largest absolute Gasteiger partial charge is 0.495 e. The van der Waals surface area contributed by atoms with E-state index in [1.54, 1.807) is 12.1 Å². The molecule has 1 aliphatic rings. The number of rotatable bonds is 4. The molecule has 2 rings (SSSR count). The summed E-state index contributed by atoms with van der Waals surface area (Å²) < 4.78 is 33.5. The van der Waals surface area contributed by atoms with Crippen LogP contribution in [-0.4, -0.2) is 46.0 Å². The first-order valence-corrected chi connectivity index (χ1v) is 7.67. The van der Waals surface area contributed by atoms with Crippen LogP contribution in [0, 0.1) is 0 Å². The number of hydrogen-bond donors (Lipinski definition) is 2. The maximum absolute atomic E-state index is 12.2. The molecule has 1 fully saturated rings. The molecule has 2 N–H and O–H groups in total. The fraction of sp³-hybridized carbons (Fsp3) is 0.455. The SMILES string of the molecule is COc1ccc(Cl)cc1NS(=O)(=O)N1CCNCC1. The monoisotopic (exact) mass is 305 g/mol. The van der Waals surface area contributed by atoms with Crippen molar-refractivity contribution in [1.82, 2.24) is 9.62 Å². The maximum Gasteiger partial charge on any atom is 0.301 e. The number of nitrogens with zero attached hydrogens (tertiary/aromatic N) is 1. The van der Waals surface area contributed by atoms with Crippen molar-refractivity contribution in [3.05, 3.63) is 23.2 Å². The number of methoxy groups -OCH3 is 1. The van der Waals surface area contributed by atoms with E-state index < -0.39 is 10.2 Å². The van der Waals surface area contributed by atoms with Crippen LogP contribution in [-0.2, 0) is 10.2 Å². The van der Waals surface area contributed by atoms with E-state index >= 15 is 0 Å². The molecule has 1 heterocycles. The van der Waals surface area contributed by atoms with Crippen LogP contribution in [0.2, 0.25) is 5.02 Å². The van der Waals surface area contributed by atoms with E-state index in [1.807, 2.05) is 0 Å². The molecule has 0 unspecified atom stereocenters. The summed E-state index contributed by atoms with van der Waals surface area (Å²) in [6.45, 7) is 2.18. The minimum absolute atomic E-state index is 0.341. The molecule has 0 radical (unpaired) electrons. The second kappa shape index (κ2) is 5.96. The molecule has 0 saturated carbocycles. The Labute approximate surface area is 117 Å². The molecule has 19 heavy (non-hydrogen) atoms. The number of benzene rings is 1. The Hall–Kier alpha value is -1.02. The van der Waals surface area contributed by atoms with Gasteiger partial charge in [-0.2, -0.15) is 12.7 Å². The molecule has 0 spiro atoms. The van der Waals surface area contributed by atoms with Crippen LogP contribution in [0.3, 0.4) is 0 Å². The minimum Gasteiger partial charge on any atom is -0.495 e. The van der Waals surface area contributed by atoms with Gasteiger partial charge < -0.3 is 10.1 Å². The molecule has 0 amide bonds. The van der Waals surface area contributed by atoms with Gasteiger partial charge in [-0.25, -0.2) is 0 Å². The van der Waals surface area contributed by atoms with E-state index in [-0.39, 0.29) is 0 Å². The summed E-state index contributed by atoms with van der Waals surface area (Å²) in [7, 11) is -2.10. The van der Waals surface area contributed by atoms with Gasteiger partial charge in [-0.1, -0.05) is 11.6 Å². The lowest BCUT2D eigenvalue weighted by Crippen LogP contribution is -2.48. The fourth-order valence-corrected chi connectivity index (χ4v) is 3.25. The molecule has 0 atom stereocenters. The Morgan fingerprint density at radius 2 is 2.05 bits per heavy atom. The summed E-state index contributed by atoms with van der Waals surface area (Å²) in [5.74, 6) is 0.433. The molecule has 1 aromatic carbocycles. The number of anilines is 1. The molecular formula is C11H16ClN3O3S. The summed E-state index contributed by atoms with van der Waals surface area (Å²) >= 11 is 5.87. The Bertz CT molecular complexity index is 544. The third-order valence-electron chi connectivity index (χ3n) is 2.82.